The van der Waals surface area contributed by atoms with Crippen LogP contribution in [-0.2, 0) is 16.1 Å². The van der Waals surface area contributed by atoms with Gasteiger partial charge in [-0.1, -0.05) is 12.8 Å². The van der Waals surface area contributed by atoms with E-state index >= 15 is 0 Å². The lowest BCUT2D eigenvalue weighted by Crippen LogP contribution is -2.56. The molecule has 1 aromatic rings. The lowest BCUT2D eigenvalue weighted by Gasteiger charge is -2.43. The SMILES string of the molecule is O=C(CNCCn1cccn1)N1CCO[C@H]2CCCC[C@@H]21. The number of amides is 1. The van der Waals surface area contributed by atoms with Crippen molar-refractivity contribution < 1.29 is 9.53 Å². The van der Waals surface area contributed by atoms with Crippen LogP contribution in [0.25, 0.3) is 0 Å². The number of nitrogens with one attached hydrogen (secondary N) is 1. The van der Waals surface area contributed by atoms with Crippen LogP contribution in [0.3, 0.4) is 0 Å². The van der Waals surface area contributed by atoms with Gasteiger partial charge in [0, 0.05) is 25.5 Å². The molecule has 2 fully saturated rings. The Kier molecular flexibility index (Phi) is 4.87. The third-order valence-electron chi connectivity index (χ3n) is 4.41. The molecule has 1 N–H and O–H groups in total. The Morgan fingerprint density at radius 3 is 3.14 bits per heavy atom. The molecule has 0 unspecified atom stereocenters. The van der Waals surface area contributed by atoms with Crippen molar-refractivity contribution in [3.63, 3.8) is 0 Å². The first kappa shape index (κ1) is 14.5. The topological polar surface area (TPSA) is 59.4 Å². The number of nitrogens with zero attached hydrogens (tertiary/aromatic N) is 3. The zero-order chi connectivity index (χ0) is 14.5. The molecule has 3 rings (SSSR count). The highest BCUT2D eigenvalue weighted by Gasteiger charge is 2.36. The van der Waals surface area contributed by atoms with Crippen molar-refractivity contribution >= 4 is 5.91 Å². The number of hydrogen-bond acceptors (Lipinski definition) is 4. The minimum atomic E-state index is 0.204. The van der Waals surface area contributed by atoms with E-state index in [-0.39, 0.29) is 12.0 Å². The van der Waals surface area contributed by atoms with Crippen molar-refractivity contribution in [3.05, 3.63) is 18.5 Å². The molecule has 1 saturated carbocycles. The second-order valence-electron chi connectivity index (χ2n) is 5.79. The van der Waals surface area contributed by atoms with Crippen LogP contribution < -0.4 is 5.32 Å². The molecule has 6 nitrogen and oxygen atoms in total. The largest absolute Gasteiger partial charge is 0.374 e. The number of ether oxygens (including phenoxy) is 1. The van der Waals surface area contributed by atoms with Gasteiger partial charge in [-0.05, 0) is 18.9 Å². The van der Waals surface area contributed by atoms with Gasteiger partial charge in [0.05, 0.1) is 31.8 Å². The van der Waals surface area contributed by atoms with E-state index in [0.717, 1.165) is 32.5 Å². The fourth-order valence-corrected chi connectivity index (χ4v) is 3.33. The Bertz CT molecular complexity index is 447. The van der Waals surface area contributed by atoms with Crippen LogP contribution in [0.1, 0.15) is 25.7 Å². The Labute approximate surface area is 125 Å². The van der Waals surface area contributed by atoms with Crippen LogP contribution in [0, 0.1) is 0 Å². The zero-order valence-electron chi connectivity index (χ0n) is 12.4. The monoisotopic (exact) mass is 292 g/mol. The number of rotatable bonds is 5. The Balaban J connectivity index is 1.43. The predicted octanol–water partition coefficient (Wildman–Crippen LogP) is 0.643. The summed E-state index contributed by atoms with van der Waals surface area (Å²) in [6.45, 7) is 3.37. The van der Waals surface area contributed by atoms with E-state index in [0.29, 0.717) is 19.2 Å². The van der Waals surface area contributed by atoms with E-state index in [9.17, 15) is 4.79 Å². The molecule has 116 valence electrons. The molecule has 21 heavy (non-hydrogen) atoms. The van der Waals surface area contributed by atoms with E-state index in [1.54, 1.807) is 6.20 Å². The maximum atomic E-state index is 12.4. The first-order valence-corrected chi connectivity index (χ1v) is 7.94. The third-order valence-corrected chi connectivity index (χ3v) is 4.41. The molecule has 1 aliphatic heterocycles. The van der Waals surface area contributed by atoms with Gasteiger partial charge in [0.15, 0.2) is 0 Å². The van der Waals surface area contributed by atoms with Gasteiger partial charge in [0.2, 0.25) is 5.91 Å². The number of carbonyl (C=O) groups is 1. The molecule has 0 spiro atoms. The van der Waals surface area contributed by atoms with Crippen LogP contribution in [0.4, 0.5) is 0 Å². The first-order chi connectivity index (χ1) is 10.3. The van der Waals surface area contributed by atoms with Gasteiger partial charge in [0.25, 0.3) is 0 Å². The smallest absolute Gasteiger partial charge is 0.236 e. The maximum absolute atomic E-state index is 12.4. The van der Waals surface area contributed by atoms with Gasteiger partial charge in [-0.25, -0.2) is 0 Å². The van der Waals surface area contributed by atoms with E-state index in [4.69, 9.17) is 4.74 Å². The summed E-state index contributed by atoms with van der Waals surface area (Å²) in [5, 5.41) is 7.36. The summed E-state index contributed by atoms with van der Waals surface area (Å²) < 4.78 is 7.68. The molecule has 6 heteroatoms. The van der Waals surface area contributed by atoms with Gasteiger partial charge in [-0.2, -0.15) is 5.10 Å². The molecule has 1 amide bonds. The minimum Gasteiger partial charge on any atom is -0.374 e. The van der Waals surface area contributed by atoms with E-state index in [1.165, 1.54) is 12.8 Å². The molecular weight excluding hydrogens is 268 g/mol. The Hall–Kier alpha value is -1.40. The molecule has 1 aromatic heterocycles. The van der Waals surface area contributed by atoms with E-state index in [1.807, 2.05) is 21.8 Å². The number of carbonyl (C=O) groups excluding carboxylic acids is 1. The average Bonchev–Trinajstić information content (AvgIpc) is 3.04. The van der Waals surface area contributed by atoms with Gasteiger partial charge in [-0.3, -0.25) is 9.48 Å². The van der Waals surface area contributed by atoms with Crippen LogP contribution in [0.15, 0.2) is 18.5 Å². The normalized spacial score (nSPS) is 25.6. The average molecular weight is 292 g/mol. The summed E-state index contributed by atoms with van der Waals surface area (Å²) in [6.07, 6.45) is 8.58. The van der Waals surface area contributed by atoms with Crippen molar-refractivity contribution in [1.29, 1.82) is 0 Å². The highest BCUT2D eigenvalue weighted by molar-refractivity contribution is 5.78. The Morgan fingerprint density at radius 2 is 2.29 bits per heavy atom. The second-order valence-corrected chi connectivity index (χ2v) is 5.79. The maximum Gasteiger partial charge on any atom is 0.236 e. The van der Waals surface area contributed by atoms with Crippen molar-refractivity contribution in [1.82, 2.24) is 20.0 Å². The summed E-state index contributed by atoms with van der Waals surface area (Å²) in [7, 11) is 0. The minimum absolute atomic E-state index is 0.204. The Morgan fingerprint density at radius 1 is 1.38 bits per heavy atom. The van der Waals surface area contributed by atoms with Gasteiger partial charge in [0.1, 0.15) is 0 Å². The number of fused-ring (bicyclic) bond motifs is 1. The van der Waals surface area contributed by atoms with Crippen molar-refractivity contribution in [3.8, 4) is 0 Å². The molecule has 0 aromatic carbocycles. The van der Waals surface area contributed by atoms with Crippen LogP contribution in [0.2, 0.25) is 0 Å². The highest BCUT2D eigenvalue weighted by Crippen LogP contribution is 2.28. The third kappa shape index (κ3) is 3.63. The van der Waals surface area contributed by atoms with Crippen molar-refractivity contribution in [2.75, 3.05) is 26.2 Å². The number of morpholine rings is 1. The summed E-state index contributed by atoms with van der Waals surface area (Å²) in [4.78, 5) is 14.4. The molecule has 2 aliphatic rings. The van der Waals surface area contributed by atoms with Gasteiger partial charge in [-0.15, -0.1) is 0 Å². The fraction of sp³-hybridized carbons (Fsp3) is 0.733. The lowest BCUT2D eigenvalue weighted by atomic mass is 9.90. The molecular formula is C15H24N4O2. The van der Waals surface area contributed by atoms with Crippen molar-refractivity contribution in [2.24, 2.45) is 0 Å². The summed E-state index contributed by atoms with van der Waals surface area (Å²) in [5.41, 5.74) is 0. The predicted molar refractivity (Wildman–Crippen MR) is 78.8 cm³/mol. The van der Waals surface area contributed by atoms with Crippen LogP contribution >= 0.6 is 0 Å². The zero-order valence-corrected chi connectivity index (χ0v) is 12.4. The van der Waals surface area contributed by atoms with E-state index < -0.39 is 0 Å². The van der Waals surface area contributed by atoms with Crippen LogP contribution in [0.5, 0.6) is 0 Å². The number of aromatic nitrogens is 2. The number of hydrogen-bond donors (Lipinski definition) is 1. The van der Waals surface area contributed by atoms with Crippen LogP contribution in [-0.4, -0.2) is 59.0 Å². The summed E-state index contributed by atoms with van der Waals surface area (Å²) >= 11 is 0. The molecule has 1 aliphatic carbocycles. The molecule has 0 radical (unpaired) electrons. The quantitative estimate of drug-likeness (QED) is 0.809. The first-order valence-electron chi connectivity index (χ1n) is 7.94. The molecule has 1 saturated heterocycles. The van der Waals surface area contributed by atoms with Gasteiger partial charge < -0.3 is 15.0 Å². The van der Waals surface area contributed by atoms with E-state index in [2.05, 4.69) is 10.4 Å². The fourth-order valence-electron chi connectivity index (χ4n) is 3.33. The van der Waals surface area contributed by atoms with Crippen molar-refractivity contribution in [2.45, 2.75) is 44.4 Å². The molecule has 2 heterocycles. The second kappa shape index (κ2) is 7.04. The molecule has 2 atom stereocenters. The standard InChI is InChI=1S/C15H24N4O2/c20-15(12-16-7-9-18-8-3-6-17-18)19-10-11-21-14-5-2-1-4-13(14)19/h3,6,8,13-14,16H,1-2,4-5,7,9-12H2/t13-,14-/m0/s1. The summed E-state index contributed by atoms with van der Waals surface area (Å²) in [5.74, 6) is 0.204. The summed E-state index contributed by atoms with van der Waals surface area (Å²) in [6, 6.07) is 2.20. The lowest BCUT2D eigenvalue weighted by molar-refractivity contribution is -0.148. The van der Waals surface area contributed by atoms with Gasteiger partial charge >= 0.3 is 0 Å². The highest BCUT2D eigenvalue weighted by atomic mass is 16.5. The molecule has 0 bridgehead atoms.